The number of nitro groups is 1. The Bertz CT molecular complexity index is 1030. The molecule has 1 aromatic heterocycles. The lowest BCUT2D eigenvalue weighted by Crippen LogP contribution is -2.50. The van der Waals surface area contributed by atoms with Crippen LogP contribution in [0.1, 0.15) is 11.3 Å². The van der Waals surface area contributed by atoms with Crippen molar-refractivity contribution in [3.63, 3.8) is 0 Å². The number of benzene rings is 1. The highest BCUT2D eigenvalue weighted by molar-refractivity contribution is 8.26. The van der Waals surface area contributed by atoms with Crippen LogP contribution in [0.5, 0.6) is 0 Å². The van der Waals surface area contributed by atoms with E-state index in [9.17, 15) is 14.9 Å². The van der Waals surface area contributed by atoms with Gasteiger partial charge in [0.25, 0.3) is 11.6 Å². The number of hydrogen-bond acceptors (Lipinski definition) is 8. The predicted molar refractivity (Wildman–Crippen MR) is 113 cm³/mol. The molecule has 2 aromatic rings. The molecule has 0 bridgehead atoms. The normalized spacial score (nSPS) is 19.3. The monoisotopic (exact) mass is 431 g/mol. The first-order chi connectivity index (χ1) is 13.9. The second-order valence-electron chi connectivity index (χ2n) is 6.54. The molecule has 0 atom stereocenters. The number of carbonyl (C=O) groups is 1. The topological polar surface area (TPSA) is 89.1 Å². The van der Waals surface area contributed by atoms with Gasteiger partial charge in [-0.15, -0.1) is 0 Å². The number of aryl methyl sites for hydroxylation is 1. The number of rotatable bonds is 4. The standard InChI is InChI=1S/C19H17N3O5S2/c1-12-2-4-14(15(10-12)22(24)25)16-5-3-13(27-16)11-17-18(23)21(19(28)29-17)20-6-8-26-9-7-20/h2-5,10-11H,6-9H2,1H3/b17-11+. The van der Waals surface area contributed by atoms with E-state index in [1.54, 1.807) is 37.3 Å². The quantitative estimate of drug-likeness (QED) is 0.314. The Hall–Kier alpha value is -2.53. The molecule has 0 saturated carbocycles. The van der Waals surface area contributed by atoms with E-state index in [4.69, 9.17) is 21.4 Å². The minimum Gasteiger partial charge on any atom is -0.456 e. The number of nitrogens with zero attached hydrogens (tertiary/aromatic N) is 3. The third-order valence-corrected chi connectivity index (χ3v) is 5.84. The number of morpholine rings is 1. The van der Waals surface area contributed by atoms with Gasteiger partial charge in [0.15, 0.2) is 4.32 Å². The minimum absolute atomic E-state index is 0.0236. The van der Waals surface area contributed by atoms with E-state index in [2.05, 4.69) is 0 Å². The van der Waals surface area contributed by atoms with Gasteiger partial charge in [0, 0.05) is 25.2 Å². The van der Waals surface area contributed by atoms with Crippen LogP contribution in [0.2, 0.25) is 0 Å². The molecule has 0 unspecified atom stereocenters. The van der Waals surface area contributed by atoms with Gasteiger partial charge < -0.3 is 9.15 Å². The van der Waals surface area contributed by atoms with Crippen LogP contribution in [0.4, 0.5) is 5.69 Å². The van der Waals surface area contributed by atoms with Gasteiger partial charge in [-0.3, -0.25) is 14.9 Å². The molecule has 150 valence electrons. The van der Waals surface area contributed by atoms with E-state index in [1.807, 2.05) is 5.01 Å². The van der Waals surface area contributed by atoms with Crippen molar-refractivity contribution in [2.24, 2.45) is 0 Å². The van der Waals surface area contributed by atoms with Gasteiger partial charge in [-0.25, -0.2) is 10.0 Å². The van der Waals surface area contributed by atoms with Crippen molar-refractivity contribution in [1.29, 1.82) is 0 Å². The van der Waals surface area contributed by atoms with Crippen molar-refractivity contribution in [3.8, 4) is 11.3 Å². The van der Waals surface area contributed by atoms with Crippen LogP contribution in [0.3, 0.4) is 0 Å². The van der Waals surface area contributed by atoms with Gasteiger partial charge in [0.05, 0.1) is 28.6 Å². The maximum absolute atomic E-state index is 12.8. The summed E-state index contributed by atoms with van der Waals surface area (Å²) in [4.78, 5) is 24.2. The summed E-state index contributed by atoms with van der Waals surface area (Å²) in [5, 5.41) is 14.8. The van der Waals surface area contributed by atoms with Gasteiger partial charge in [-0.05, 0) is 30.7 Å². The first-order valence-electron chi connectivity index (χ1n) is 8.90. The van der Waals surface area contributed by atoms with Crippen molar-refractivity contribution in [2.45, 2.75) is 6.92 Å². The van der Waals surface area contributed by atoms with Crippen molar-refractivity contribution in [1.82, 2.24) is 10.0 Å². The molecule has 0 N–H and O–H groups in total. The third-order valence-electron chi connectivity index (χ3n) is 4.56. The third kappa shape index (κ3) is 3.97. The highest BCUT2D eigenvalue weighted by Crippen LogP contribution is 2.36. The molecular formula is C19H17N3O5S2. The molecule has 29 heavy (non-hydrogen) atoms. The summed E-state index contributed by atoms with van der Waals surface area (Å²) >= 11 is 6.57. The van der Waals surface area contributed by atoms with E-state index in [-0.39, 0.29) is 11.6 Å². The fraction of sp³-hybridized carbons (Fsp3) is 0.263. The summed E-state index contributed by atoms with van der Waals surface area (Å²) in [7, 11) is 0. The average Bonchev–Trinajstić information content (AvgIpc) is 3.27. The summed E-state index contributed by atoms with van der Waals surface area (Å²) in [5.41, 5.74) is 1.16. The number of hydrazine groups is 1. The average molecular weight is 431 g/mol. The number of nitro benzene ring substituents is 1. The van der Waals surface area contributed by atoms with Crippen LogP contribution >= 0.6 is 24.0 Å². The summed E-state index contributed by atoms with van der Waals surface area (Å²) < 4.78 is 11.6. The lowest BCUT2D eigenvalue weighted by Gasteiger charge is -2.33. The molecule has 4 rings (SSSR count). The predicted octanol–water partition coefficient (Wildman–Crippen LogP) is 3.61. The lowest BCUT2D eigenvalue weighted by atomic mass is 10.1. The molecule has 10 heteroatoms. The zero-order valence-electron chi connectivity index (χ0n) is 15.5. The number of ether oxygens (including phenoxy) is 1. The maximum Gasteiger partial charge on any atom is 0.281 e. The highest BCUT2D eigenvalue weighted by Gasteiger charge is 2.37. The highest BCUT2D eigenvalue weighted by atomic mass is 32.2. The molecule has 0 radical (unpaired) electrons. The van der Waals surface area contributed by atoms with Crippen molar-refractivity contribution >= 4 is 46.0 Å². The lowest BCUT2D eigenvalue weighted by molar-refractivity contribution is -0.384. The largest absolute Gasteiger partial charge is 0.456 e. The molecule has 8 nitrogen and oxygen atoms in total. The van der Waals surface area contributed by atoms with Crippen LogP contribution < -0.4 is 0 Å². The van der Waals surface area contributed by atoms with E-state index in [0.717, 1.165) is 5.56 Å². The van der Waals surface area contributed by atoms with Crippen LogP contribution in [-0.2, 0) is 9.53 Å². The second-order valence-corrected chi connectivity index (χ2v) is 8.22. The smallest absolute Gasteiger partial charge is 0.281 e. The zero-order valence-corrected chi connectivity index (χ0v) is 17.1. The molecule has 0 aliphatic carbocycles. The Balaban J connectivity index is 1.59. The zero-order chi connectivity index (χ0) is 20.5. The molecular weight excluding hydrogens is 414 g/mol. The Labute approximate surface area is 176 Å². The fourth-order valence-corrected chi connectivity index (χ4v) is 4.45. The van der Waals surface area contributed by atoms with Crippen molar-refractivity contribution in [3.05, 3.63) is 56.7 Å². The first kappa shape index (κ1) is 19.8. The summed E-state index contributed by atoms with van der Waals surface area (Å²) in [6, 6.07) is 8.30. The second kappa shape index (κ2) is 8.07. The first-order valence-corrected chi connectivity index (χ1v) is 10.1. The molecule has 2 saturated heterocycles. The van der Waals surface area contributed by atoms with Crippen LogP contribution in [-0.4, -0.2) is 51.5 Å². The summed E-state index contributed by atoms with van der Waals surface area (Å²) in [6.07, 6.45) is 1.61. The van der Waals surface area contributed by atoms with Gasteiger partial charge in [-0.1, -0.05) is 30.0 Å². The van der Waals surface area contributed by atoms with Crippen molar-refractivity contribution < 1.29 is 18.9 Å². The molecule has 2 aliphatic heterocycles. The minimum atomic E-state index is -0.433. The summed E-state index contributed by atoms with van der Waals surface area (Å²) in [5.74, 6) is 0.588. The van der Waals surface area contributed by atoms with Crippen LogP contribution in [0.15, 0.2) is 39.7 Å². The van der Waals surface area contributed by atoms with Crippen LogP contribution in [0, 0.1) is 17.0 Å². The molecule has 1 aromatic carbocycles. The van der Waals surface area contributed by atoms with Crippen LogP contribution in [0.25, 0.3) is 17.4 Å². The summed E-state index contributed by atoms with van der Waals surface area (Å²) in [6.45, 7) is 4.09. The van der Waals surface area contributed by atoms with E-state index in [1.165, 1.54) is 22.8 Å². The Morgan fingerprint density at radius 2 is 2.00 bits per heavy atom. The number of thioether (sulfide) groups is 1. The molecule has 2 aliphatic rings. The Morgan fingerprint density at radius 3 is 2.72 bits per heavy atom. The number of carbonyl (C=O) groups excluding carboxylic acids is 1. The number of furan rings is 1. The maximum atomic E-state index is 12.8. The number of thiocarbonyl (C=S) groups is 1. The van der Waals surface area contributed by atoms with Gasteiger partial charge in [0.1, 0.15) is 11.5 Å². The Morgan fingerprint density at radius 1 is 1.24 bits per heavy atom. The van der Waals surface area contributed by atoms with E-state index >= 15 is 0 Å². The van der Waals surface area contributed by atoms with Gasteiger partial charge in [0.2, 0.25) is 0 Å². The molecule has 0 spiro atoms. The van der Waals surface area contributed by atoms with Gasteiger partial charge in [-0.2, -0.15) is 0 Å². The number of amides is 1. The van der Waals surface area contributed by atoms with E-state index in [0.29, 0.717) is 52.6 Å². The molecule has 3 heterocycles. The molecule has 1 amide bonds. The SMILES string of the molecule is Cc1ccc(-c2ccc(/C=C3/SC(=S)N(N4CCOCC4)C3=O)o2)c([N+](=O)[O-])c1. The van der Waals surface area contributed by atoms with Gasteiger partial charge >= 0.3 is 0 Å². The van der Waals surface area contributed by atoms with Crippen molar-refractivity contribution in [2.75, 3.05) is 26.3 Å². The fourth-order valence-electron chi connectivity index (χ4n) is 3.16. The Kier molecular flexibility index (Phi) is 5.50. The molecule has 2 fully saturated rings. The van der Waals surface area contributed by atoms with E-state index < -0.39 is 4.92 Å². The number of hydrogen-bond donors (Lipinski definition) is 0.